The van der Waals surface area contributed by atoms with Crippen LogP contribution in [0.25, 0.3) is 0 Å². The van der Waals surface area contributed by atoms with E-state index in [2.05, 4.69) is 22.9 Å². The van der Waals surface area contributed by atoms with Gasteiger partial charge in [-0.2, -0.15) is 0 Å². The number of carbonyl (C=O) groups is 1. The van der Waals surface area contributed by atoms with Gasteiger partial charge in [0, 0.05) is 11.1 Å². The van der Waals surface area contributed by atoms with Crippen molar-refractivity contribution >= 4 is 21.9 Å². The molecule has 1 aromatic rings. The Hall–Kier alpha value is -1.11. The Morgan fingerprint density at radius 2 is 2.15 bits per heavy atom. The summed E-state index contributed by atoms with van der Waals surface area (Å²) in [5.41, 5.74) is 0.121. The largest absolute Gasteiger partial charge is 0.491 e. The van der Waals surface area contributed by atoms with Gasteiger partial charge in [0.25, 0.3) is 0 Å². The van der Waals surface area contributed by atoms with Gasteiger partial charge in [-0.05, 0) is 40.5 Å². The molecule has 0 heterocycles. The Bertz CT molecular complexity index is 436. The number of ether oxygens (including phenoxy) is 2. The van der Waals surface area contributed by atoms with E-state index in [0.717, 1.165) is 12.8 Å². The third-order valence-electron chi connectivity index (χ3n) is 2.56. The van der Waals surface area contributed by atoms with Crippen molar-refractivity contribution in [2.45, 2.75) is 25.9 Å². The van der Waals surface area contributed by atoms with E-state index in [1.165, 1.54) is 6.07 Å². The monoisotopic (exact) mass is 346 g/mol. The molecule has 0 aliphatic rings. The first-order valence-electron chi connectivity index (χ1n) is 6.46. The van der Waals surface area contributed by atoms with Gasteiger partial charge in [-0.25, -0.2) is 4.79 Å². The number of hydrogen-bond acceptors (Lipinski definition) is 4. The molecule has 0 saturated carbocycles. The molecule has 1 atom stereocenters. The van der Waals surface area contributed by atoms with Crippen molar-refractivity contribution in [2.75, 3.05) is 19.8 Å². The number of benzene rings is 1. The van der Waals surface area contributed by atoms with Crippen LogP contribution >= 0.6 is 15.9 Å². The smallest absolute Gasteiger partial charge is 0.336 e. The first-order valence-corrected chi connectivity index (χ1v) is 7.25. The predicted molar refractivity (Wildman–Crippen MR) is 78.3 cm³/mol. The maximum Gasteiger partial charge on any atom is 0.336 e. The maximum atomic E-state index is 11.0. The third-order valence-corrected chi connectivity index (χ3v) is 3.25. The first kappa shape index (κ1) is 16.9. The summed E-state index contributed by atoms with van der Waals surface area (Å²) in [6.45, 7) is 2.96. The number of halogens is 1. The molecule has 2 N–H and O–H groups in total. The highest BCUT2D eigenvalue weighted by Crippen LogP contribution is 2.22. The van der Waals surface area contributed by atoms with Crippen LogP contribution in [-0.4, -0.2) is 42.1 Å². The number of unbranched alkanes of at least 4 members (excludes halogenated alkanes) is 1. The van der Waals surface area contributed by atoms with Crippen molar-refractivity contribution in [2.24, 2.45) is 0 Å². The lowest BCUT2D eigenvalue weighted by Gasteiger charge is -2.13. The van der Waals surface area contributed by atoms with Crippen LogP contribution < -0.4 is 4.74 Å². The van der Waals surface area contributed by atoms with Crippen LogP contribution in [0.2, 0.25) is 0 Å². The molecule has 6 heteroatoms. The van der Waals surface area contributed by atoms with Gasteiger partial charge in [0.2, 0.25) is 0 Å². The molecule has 0 aromatic heterocycles. The average molecular weight is 347 g/mol. The lowest BCUT2D eigenvalue weighted by atomic mass is 10.2. The molecule has 0 fully saturated rings. The Morgan fingerprint density at radius 1 is 1.40 bits per heavy atom. The molecule has 0 radical (unpaired) electrons. The topological polar surface area (TPSA) is 76.0 Å². The van der Waals surface area contributed by atoms with E-state index >= 15 is 0 Å². The zero-order valence-electron chi connectivity index (χ0n) is 11.3. The molecule has 112 valence electrons. The molecule has 1 unspecified atom stereocenters. The molecule has 0 bridgehead atoms. The molecular formula is C14H19BrO5. The van der Waals surface area contributed by atoms with Gasteiger partial charge in [0.05, 0.1) is 12.2 Å². The van der Waals surface area contributed by atoms with Crippen LogP contribution in [0.3, 0.4) is 0 Å². The number of hydrogen-bond donors (Lipinski definition) is 2. The molecule has 1 rings (SSSR count). The number of aliphatic hydroxyl groups is 1. The summed E-state index contributed by atoms with van der Waals surface area (Å²) < 4.78 is 11.1. The van der Waals surface area contributed by atoms with Crippen molar-refractivity contribution in [1.29, 1.82) is 0 Å². The van der Waals surface area contributed by atoms with Gasteiger partial charge in [0.1, 0.15) is 18.5 Å². The fraction of sp³-hybridized carbons (Fsp3) is 0.500. The van der Waals surface area contributed by atoms with E-state index in [1.807, 2.05) is 0 Å². The minimum absolute atomic E-state index is 0.0623. The SMILES string of the molecule is CCCCOCC(O)COc1ccc(Br)c(C(=O)O)c1. The number of aliphatic hydroxyl groups excluding tert-OH is 1. The second-order valence-corrected chi connectivity index (χ2v) is 5.19. The summed E-state index contributed by atoms with van der Waals surface area (Å²) in [5.74, 6) is -0.635. The molecule has 1 aromatic carbocycles. The fourth-order valence-corrected chi connectivity index (χ4v) is 1.88. The third kappa shape index (κ3) is 5.90. The standard InChI is InChI=1S/C14H19BrO5/c1-2-3-6-19-8-10(16)9-20-11-4-5-13(15)12(7-11)14(17)18/h4-5,7,10,16H,2-3,6,8-9H2,1H3,(H,17,18). The van der Waals surface area contributed by atoms with E-state index in [1.54, 1.807) is 12.1 Å². The van der Waals surface area contributed by atoms with Gasteiger partial charge in [0.15, 0.2) is 0 Å². The number of carboxylic acid groups (broad SMARTS) is 1. The summed E-state index contributed by atoms with van der Waals surface area (Å²) >= 11 is 3.15. The van der Waals surface area contributed by atoms with Crippen LogP contribution in [-0.2, 0) is 4.74 Å². The first-order chi connectivity index (χ1) is 9.54. The quantitative estimate of drug-likeness (QED) is 0.672. The van der Waals surface area contributed by atoms with Crippen LogP contribution in [0.4, 0.5) is 0 Å². The van der Waals surface area contributed by atoms with Gasteiger partial charge >= 0.3 is 5.97 Å². The summed E-state index contributed by atoms with van der Waals surface area (Å²) in [5, 5.41) is 18.6. The number of rotatable bonds is 9. The van der Waals surface area contributed by atoms with E-state index in [0.29, 0.717) is 16.8 Å². The van der Waals surface area contributed by atoms with Crippen molar-refractivity contribution in [3.05, 3.63) is 28.2 Å². The van der Waals surface area contributed by atoms with Crippen molar-refractivity contribution < 1.29 is 24.5 Å². The van der Waals surface area contributed by atoms with Crippen molar-refractivity contribution in [3.8, 4) is 5.75 Å². The van der Waals surface area contributed by atoms with Crippen LogP contribution in [0.1, 0.15) is 30.1 Å². The van der Waals surface area contributed by atoms with Crippen LogP contribution in [0, 0.1) is 0 Å². The molecule has 0 saturated heterocycles. The van der Waals surface area contributed by atoms with E-state index in [9.17, 15) is 9.90 Å². The predicted octanol–water partition coefficient (Wildman–Crippen LogP) is 2.70. The Balaban J connectivity index is 2.41. The van der Waals surface area contributed by atoms with Gasteiger partial charge in [-0.1, -0.05) is 13.3 Å². The van der Waals surface area contributed by atoms with Crippen molar-refractivity contribution in [1.82, 2.24) is 0 Å². The fourth-order valence-electron chi connectivity index (χ4n) is 1.46. The Kier molecular flexibility index (Phi) is 7.58. The number of aromatic carboxylic acids is 1. The highest BCUT2D eigenvalue weighted by Gasteiger charge is 2.11. The van der Waals surface area contributed by atoms with Crippen LogP contribution in [0.15, 0.2) is 22.7 Å². The Morgan fingerprint density at radius 3 is 2.80 bits per heavy atom. The lowest BCUT2D eigenvalue weighted by Crippen LogP contribution is -2.23. The summed E-state index contributed by atoms with van der Waals surface area (Å²) in [4.78, 5) is 11.0. The average Bonchev–Trinajstić information content (AvgIpc) is 2.42. The summed E-state index contributed by atoms with van der Waals surface area (Å²) in [6, 6.07) is 4.65. The molecule has 5 nitrogen and oxygen atoms in total. The second kappa shape index (κ2) is 8.94. The summed E-state index contributed by atoms with van der Waals surface area (Å²) in [7, 11) is 0. The second-order valence-electron chi connectivity index (χ2n) is 4.34. The van der Waals surface area contributed by atoms with E-state index in [-0.39, 0.29) is 18.8 Å². The Labute approximate surface area is 126 Å². The molecular weight excluding hydrogens is 328 g/mol. The highest BCUT2D eigenvalue weighted by molar-refractivity contribution is 9.10. The van der Waals surface area contributed by atoms with Gasteiger partial charge in [-0.3, -0.25) is 0 Å². The summed E-state index contributed by atoms with van der Waals surface area (Å²) in [6.07, 6.45) is 1.27. The van der Waals surface area contributed by atoms with Gasteiger partial charge in [-0.15, -0.1) is 0 Å². The molecule has 0 aliphatic heterocycles. The molecule has 0 spiro atoms. The minimum Gasteiger partial charge on any atom is -0.491 e. The van der Waals surface area contributed by atoms with E-state index < -0.39 is 12.1 Å². The van der Waals surface area contributed by atoms with Crippen molar-refractivity contribution in [3.63, 3.8) is 0 Å². The van der Waals surface area contributed by atoms with Gasteiger partial charge < -0.3 is 19.7 Å². The zero-order chi connectivity index (χ0) is 15.0. The zero-order valence-corrected chi connectivity index (χ0v) is 12.9. The normalized spacial score (nSPS) is 12.2. The lowest BCUT2D eigenvalue weighted by molar-refractivity contribution is 0.0113. The number of carboxylic acids is 1. The molecule has 20 heavy (non-hydrogen) atoms. The minimum atomic E-state index is -1.04. The van der Waals surface area contributed by atoms with E-state index in [4.69, 9.17) is 14.6 Å². The maximum absolute atomic E-state index is 11.0. The molecule has 0 aliphatic carbocycles. The van der Waals surface area contributed by atoms with Crippen LogP contribution in [0.5, 0.6) is 5.75 Å². The highest BCUT2D eigenvalue weighted by atomic mass is 79.9. The molecule has 0 amide bonds.